The molecule has 0 aliphatic carbocycles. The highest BCUT2D eigenvalue weighted by Crippen LogP contribution is 2.21. The van der Waals surface area contributed by atoms with Crippen molar-refractivity contribution in [2.45, 2.75) is 19.9 Å². The van der Waals surface area contributed by atoms with Crippen molar-refractivity contribution in [3.63, 3.8) is 0 Å². The number of fused-ring (bicyclic) bond motifs is 1. The number of rotatable bonds is 4. The van der Waals surface area contributed by atoms with Crippen LogP contribution < -0.4 is 11.1 Å². The maximum atomic E-state index is 11.7. The molecule has 0 aliphatic rings. The highest BCUT2D eigenvalue weighted by molar-refractivity contribution is 9.10. The van der Waals surface area contributed by atoms with Gasteiger partial charge in [0.25, 0.3) is 0 Å². The lowest BCUT2D eigenvalue weighted by Crippen LogP contribution is -2.28. The number of anilines is 1. The van der Waals surface area contributed by atoms with Crippen LogP contribution in [0.3, 0.4) is 0 Å². The number of carbonyl (C=O) groups is 1. The molecule has 0 aliphatic heterocycles. The maximum absolute atomic E-state index is 11.7. The largest absolute Gasteiger partial charge is 0.369 e. The van der Waals surface area contributed by atoms with E-state index in [0.717, 1.165) is 21.9 Å². The van der Waals surface area contributed by atoms with Gasteiger partial charge >= 0.3 is 0 Å². The molecule has 1 heterocycles. The summed E-state index contributed by atoms with van der Waals surface area (Å²) in [5.41, 5.74) is 7.48. The van der Waals surface area contributed by atoms with E-state index >= 15 is 0 Å². The number of nitrogens with zero attached hydrogens (tertiary/aromatic N) is 2. The molecule has 0 spiro atoms. The molecule has 0 unspecified atom stereocenters. The van der Waals surface area contributed by atoms with Crippen molar-refractivity contribution in [2.75, 3.05) is 12.3 Å². The van der Waals surface area contributed by atoms with Crippen LogP contribution in [0, 0.1) is 0 Å². The number of benzene rings is 1. The number of aromatic nitrogens is 2. The summed E-state index contributed by atoms with van der Waals surface area (Å²) < 4.78 is 2.65. The number of imidazole rings is 1. The number of amides is 1. The molecule has 1 aromatic carbocycles. The Bertz CT molecular complexity index is 579. The second kappa shape index (κ2) is 5.39. The Labute approximate surface area is 113 Å². The van der Waals surface area contributed by atoms with Gasteiger partial charge in [-0.05, 0) is 24.6 Å². The van der Waals surface area contributed by atoms with Crippen LogP contribution in [0.15, 0.2) is 22.7 Å². The molecule has 0 bridgehead atoms. The molecule has 1 aromatic heterocycles. The maximum Gasteiger partial charge on any atom is 0.240 e. The molecule has 0 saturated heterocycles. The molecule has 6 heteroatoms. The van der Waals surface area contributed by atoms with Crippen molar-refractivity contribution in [1.29, 1.82) is 0 Å². The van der Waals surface area contributed by atoms with Crippen molar-refractivity contribution in [3.05, 3.63) is 22.7 Å². The van der Waals surface area contributed by atoms with Crippen LogP contribution >= 0.6 is 15.9 Å². The summed E-state index contributed by atoms with van der Waals surface area (Å²) in [5.74, 6) is 0.303. The van der Waals surface area contributed by atoms with Gasteiger partial charge in [0, 0.05) is 11.0 Å². The number of hydrogen-bond donors (Lipinski definition) is 2. The number of carbonyl (C=O) groups excluding carboxylic acids is 1. The van der Waals surface area contributed by atoms with Crippen LogP contribution in [0.25, 0.3) is 11.0 Å². The summed E-state index contributed by atoms with van der Waals surface area (Å²) in [4.78, 5) is 16.0. The predicted molar refractivity (Wildman–Crippen MR) is 75.1 cm³/mol. The monoisotopic (exact) mass is 310 g/mol. The fraction of sp³-hybridized carbons (Fsp3) is 0.333. The highest BCUT2D eigenvalue weighted by atomic mass is 79.9. The van der Waals surface area contributed by atoms with Gasteiger partial charge in [-0.2, -0.15) is 0 Å². The van der Waals surface area contributed by atoms with E-state index in [1.54, 1.807) is 4.57 Å². The first-order chi connectivity index (χ1) is 8.61. The second-order valence-corrected chi connectivity index (χ2v) is 4.95. The zero-order valence-corrected chi connectivity index (χ0v) is 11.7. The first kappa shape index (κ1) is 12.9. The van der Waals surface area contributed by atoms with E-state index in [-0.39, 0.29) is 12.5 Å². The Hall–Kier alpha value is -1.56. The lowest BCUT2D eigenvalue weighted by molar-refractivity contribution is -0.121. The third-order valence-electron chi connectivity index (χ3n) is 2.61. The van der Waals surface area contributed by atoms with Gasteiger partial charge < -0.3 is 15.6 Å². The normalized spacial score (nSPS) is 10.8. The van der Waals surface area contributed by atoms with Gasteiger partial charge in [0.1, 0.15) is 6.54 Å². The molecule has 0 fully saturated rings. The number of nitrogen functional groups attached to an aromatic ring is 1. The van der Waals surface area contributed by atoms with Gasteiger partial charge in [-0.1, -0.05) is 22.9 Å². The van der Waals surface area contributed by atoms with Crippen LogP contribution in [0.5, 0.6) is 0 Å². The number of nitrogens with one attached hydrogen (secondary N) is 1. The third-order valence-corrected chi connectivity index (χ3v) is 3.11. The average molecular weight is 311 g/mol. The number of halogens is 1. The average Bonchev–Trinajstić information content (AvgIpc) is 2.63. The molecular weight excluding hydrogens is 296 g/mol. The fourth-order valence-corrected chi connectivity index (χ4v) is 2.09. The molecule has 1 amide bonds. The molecule has 0 atom stereocenters. The summed E-state index contributed by atoms with van der Waals surface area (Å²) in [5, 5.41) is 2.82. The molecule has 18 heavy (non-hydrogen) atoms. The smallest absolute Gasteiger partial charge is 0.240 e. The van der Waals surface area contributed by atoms with Crippen molar-refractivity contribution in [1.82, 2.24) is 14.9 Å². The van der Waals surface area contributed by atoms with Gasteiger partial charge in [-0.3, -0.25) is 4.79 Å². The molecule has 2 aromatic rings. The molecule has 96 valence electrons. The standard InChI is InChI=1S/C12H15BrN4O/c1-2-5-15-11(18)7-17-10-6-8(13)3-4-9(10)16-12(17)14/h3-4,6H,2,5,7H2,1H3,(H2,14,16)(H,15,18). The molecule has 3 N–H and O–H groups in total. The number of hydrogen-bond acceptors (Lipinski definition) is 3. The topological polar surface area (TPSA) is 72.9 Å². The van der Waals surface area contributed by atoms with E-state index in [1.165, 1.54) is 0 Å². The Morgan fingerprint density at radius 3 is 3.06 bits per heavy atom. The van der Waals surface area contributed by atoms with Gasteiger partial charge in [0.05, 0.1) is 11.0 Å². The van der Waals surface area contributed by atoms with Crippen LogP contribution in [0.1, 0.15) is 13.3 Å². The van der Waals surface area contributed by atoms with Gasteiger partial charge in [0.15, 0.2) is 0 Å². The molecule has 2 rings (SSSR count). The van der Waals surface area contributed by atoms with E-state index in [4.69, 9.17) is 5.73 Å². The fourth-order valence-electron chi connectivity index (χ4n) is 1.74. The van der Waals surface area contributed by atoms with E-state index in [1.807, 2.05) is 25.1 Å². The minimum absolute atomic E-state index is 0.0529. The lowest BCUT2D eigenvalue weighted by Gasteiger charge is -2.07. The summed E-state index contributed by atoms with van der Waals surface area (Å²) in [6, 6.07) is 5.68. The van der Waals surface area contributed by atoms with E-state index in [0.29, 0.717) is 12.5 Å². The van der Waals surface area contributed by atoms with Crippen molar-refractivity contribution < 1.29 is 4.79 Å². The SMILES string of the molecule is CCCNC(=O)Cn1c(N)nc2ccc(Br)cc21. The molecule has 0 saturated carbocycles. The summed E-state index contributed by atoms with van der Waals surface area (Å²) in [7, 11) is 0. The summed E-state index contributed by atoms with van der Waals surface area (Å²) >= 11 is 3.40. The van der Waals surface area contributed by atoms with Crippen molar-refractivity contribution in [3.8, 4) is 0 Å². The third kappa shape index (κ3) is 2.64. The Morgan fingerprint density at radius 2 is 2.33 bits per heavy atom. The first-order valence-electron chi connectivity index (χ1n) is 5.79. The van der Waals surface area contributed by atoms with E-state index < -0.39 is 0 Å². The summed E-state index contributed by atoms with van der Waals surface area (Å²) in [6.45, 7) is 2.88. The van der Waals surface area contributed by atoms with E-state index in [9.17, 15) is 4.79 Å². The minimum atomic E-state index is -0.0529. The predicted octanol–water partition coefficient (Wildman–Crippen LogP) is 1.91. The van der Waals surface area contributed by atoms with Crippen LogP contribution in [0.2, 0.25) is 0 Å². The van der Waals surface area contributed by atoms with Crippen LogP contribution in [-0.4, -0.2) is 22.0 Å². The molecule has 5 nitrogen and oxygen atoms in total. The zero-order valence-electron chi connectivity index (χ0n) is 10.1. The summed E-state index contributed by atoms with van der Waals surface area (Å²) in [6.07, 6.45) is 0.914. The van der Waals surface area contributed by atoms with Crippen molar-refractivity contribution in [2.24, 2.45) is 0 Å². The van der Waals surface area contributed by atoms with Gasteiger partial charge in [-0.25, -0.2) is 4.98 Å². The highest BCUT2D eigenvalue weighted by Gasteiger charge is 2.11. The number of nitrogens with two attached hydrogens (primary N) is 1. The van der Waals surface area contributed by atoms with E-state index in [2.05, 4.69) is 26.2 Å². The van der Waals surface area contributed by atoms with Gasteiger partial charge in [0.2, 0.25) is 11.9 Å². The zero-order chi connectivity index (χ0) is 13.1. The van der Waals surface area contributed by atoms with Crippen LogP contribution in [0.4, 0.5) is 5.95 Å². The Kier molecular flexibility index (Phi) is 3.86. The second-order valence-electron chi connectivity index (χ2n) is 4.04. The first-order valence-corrected chi connectivity index (χ1v) is 6.59. The Morgan fingerprint density at radius 1 is 1.56 bits per heavy atom. The van der Waals surface area contributed by atoms with Crippen LogP contribution in [-0.2, 0) is 11.3 Å². The van der Waals surface area contributed by atoms with Crippen molar-refractivity contribution >= 4 is 38.8 Å². The molecular formula is C12H15BrN4O. The minimum Gasteiger partial charge on any atom is -0.369 e. The van der Waals surface area contributed by atoms with Gasteiger partial charge in [-0.15, -0.1) is 0 Å². The lowest BCUT2D eigenvalue weighted by atomic mass is 10.3. The quantitative estimate of drug-likeness (QED) is 0.906. The Balaban J connectivity index is 2.29. The molecule has 0 radical (unpaired) electrons.